The van der Waals surface area contributed by atoms with Crippen molar-refractivity contribution < 1.29 is 9.53 Å². The van der Waals surface area contributed by atoms with E-state index in [4.69, 9.17) is 4.74 Å². The number of nitrogens with one attached hydrogen (secondary N) is 1. The van der Waals surface area contributed by atoms with E-state index in [1.165, 1.54) is 0 Å². The summed E-state index contributed by atoms with van der Waals surface area (Å²) in [7, 11) is 1.73. The Morgan fingerprint density at radius 3 is 2.68 bits per heavy atom. The van der Waals surface area contributed by atoms with Crippen LogP contribution in [0, 0.1) is 5.41 Å². The molecule has 2 fully saturated rings. The van der Waals surface area contributed by atoms with E-state index in [1.54, 1.807) is 7.11 Å². The molecule has 1 heterocycles. The quantitative estimate of drug-likeness (QED) is 0.769. The van der Waals surface area contributed by atoms with Crippen molar-refractivity contribution in [2.45, 2.75) is 64.6 Å². The van der Waals surface area contributed by atoms with Gasteiger partial charge in [-0.05, 0) is 31.1 Å². The molecule has 0 aromatic carbocycles. The average Bonchev–Trinajstić information content (AvgIpc) is 3.09. The first-order chi connectivity index (χ1) is 8.94. The van der Waals surface area contributed by atoms with Crippen molar-refractivity contribution in [3.05, 3.63) is 0 Å². The van der Waals surface area contributed by atoms with Crippen LogP contribution >= 0.6 is 0 Å². The van der Waals surface area contributed by atoms with Gasteiger partial charge < -0.3 is 9.64 Å². The molecule has 0 radical (unpaired) electrons. The Hall–Kier alpha value is -0.610. The molecular formula is C15H28N2O2. The largest absolute Gasteiger partial charge is 0.385 e. The zero-order chi connectivity index (χ0) is 14.1. The lowest BCUT2D eigenvalue weighted by atomic mass is 9.88. The topological polar surface area (TPSA) is 41.6 Å². The highest BCUT2D eigenvalue weighted by Crippen LogP contribution is 2.43. The van der Waals surface area contributed by atoms with Crippen molar-refractivity contribution in [3.8, 4) is 0 Å². The predicted molar refractivity (Wildman–Crippen MR) is 75.8 cm³/mol. The number of carbonyl (C=O) groups is 1. The van der Waals surface area contributed by atoms with Gasteiger partial charge in [-0.1, -0.05) is 27.2 Å². The van der Waals surface area contributed by atoms with E-state index < -0.39 is 0 Å². The van der Waals surface area contributed by atoms with Crippen LogP contribution in [0.25, 0.3) is 0 Å². The Kier molecular flexibility index (Phi) is 4.21. The lowest BCUT2D eigenvalue weighted by Crippen LogP contribution is -2.43. The van der Waals surface area contributed by atoms with Crippen molar-refractivity contribution in [1.29, 1.82) is 0 Å². The maximum atomic E-state index is 12.6. The van der Waals surface area contributed by atoms with Crippen LogP contribution in [0.5, 0.6) is 0 Å². The smallest absolute Gasteiger partial charge is 0.244 e. The number of hydrogen-bond donors (Lipinski definition) is 1. The third-order valence-corrected chi connectivity index (χ3v) is 4.38. The number of amides is 1. The van der Waals surface area contributed by atoms with Crippen LogP contribution in [0.1, 0.15) is 52.9 Å². The minimum Gasteiger partial charge on any atom is -0.385 e. The number of methoxy groups -OCH3 is 1. The van der Waals surface area contributed by atoms with Gasteiger partial charge in [0, 0.05) is 20.3 Å². The minimum atomic E-state index is -0.183. The number of ether oxygens (including phenoxy) is 1. The van der Waals surface area contributed by atoms with E-state index >= 15 is 0 Å². The molecule has 1 amide bonds. The monoisotopic (exact) mass is 268 g/mol. The molecule has 1 saturated heterocycles. The van der Waals surface area contributed by atoms with Gasteiger partial charge in [0.15, 0.2) is 0 Å². The Labute approximate surface area is 116 Å². The summed E-state index contributed by atoms with van der Waals surface area (Å²) < 4.78 is 5.18. The SMILES string of the molecule is CCCC1NC2(CC2)C(=O)N1CC(C)(C)CCOC. The molecule has 1 N–H and O–H groups in total. The Morgan fingerprint density at radius 2 is 2.16 bits per heavy atom. The number of carbonyl (C=O) groups excluding carboxylic acids is 1. The maximum Gasteiger partial charge on any atom is 0.244 e. The molecule has 1 aliphatic heterocycles. The molecule has 4 nitrogen and oxygen atoms in total. The molecule has 2 aliphatic rings. The molecule has 1 saturated carbocycles. The van der Waals surface area contributed by atoms with Crippen LogP contribution in [-0.2, 0) is 9.53 Å². The molecule has 1 spiro atoms. The molecular weight excluding hydrogens is 240 g/mol. The summed E-state index contributed by atoms with van der Waals surface area (Å²) >= 11 is 0. The van der Waals surface area contributed by atoms with Crippen LogP contribution in [0.4, 0.5) is 0 Å². The van der Waals surface area contributed by atoms with Crippen LogP contribution in [-0.4, -0.2) is 42.8 Å². The van der Waals surface area contributed by atoms with Crippen molar-refractivity contribution >= 4 is 5.91 Å². The van der Waals surface area contributed by atoms with E-state index in [0.29, 0.717) is 5.91 Å². The first-order valence-electron chi connectivity index (χ1n) is 7.52. The summed E-state index contributed by atoms with van der Waals surface area (Å²) in [6.45, 7) is 8.21. The van der Waals surface area contributed by atoms with E-state index in [2.05, 4.69) is 31.0 Å². The molecule has 1 atom stereocenters. The molecule has 19 heavy (non-hydrogen) atoms. The molecule has 1 aliphatic carbocycles. The van der Waals surface area contributed by atoms with Gasteiger partial charge in [-0.3, -0.25) is 10.1 Å². The Balaban J connectivity index is 2.01. The van der Waals surface area contributed by atoms with Gasteiger partial charge in [-0.2, -0.15) is 0 Å². The standard InChI is InChI=1S/C15H28N2O2/c1-5-6-12-16-15(7-8-15)13(18)17(12)11-14(2,3)9-10-19-4/h12,16H,5-11H2,1-4H3. The summed E-state index contributed by atoms with van der Waals surface area (Å²) in [6, 6.07) is 0. The molecule has 0 aromatic heterocycles. The van der Waals surface area contributed by atoms with Crippen molar-refractivity contribution in [1.82, 2.24) is 10.2 Å². The summed E-state index contributed by atoms with van der Waals surface area (Å²) in [6.07, 6.45) is 5.41. The van der Waals surface area contributed by atoms with Gasteiger partial charge in [0.25, 0.3) is 0 Å². The van der Waals surface area contributed by atoms with Gasteiger partial charge in [-0.25, -0.2) is 0 Å². The van der Waals surface area contributed by atoms with Crippen LogP contribution < -0.4 is 5.32 Å². The molecule has 2 rings (SSSR count). The minimum absolute atomic E-state index is 0.111. The fraction of sp³-hybridized carbons (Fsp3) is 0.933. The lowest BCUT2D eigenvalue weighted by Gasteiger charge is -2.33. The number of hydrogen-bond acceptors (Lipinski definition) is 3. The summed E-state index contributed by atoms with van der Waals surface area (Å²) in [4.78, 5) is 14.6. The highest BCUT2D eigenvalue weighted by molar-refractivity contribution is 5.91. The first-order valence-corrected chi connectivity index (χ1v) is 7.52. The zero-order valence-electron chi connectivity index (χ0n) is 12.8. The summed E-state index contributed by atoms with van der Waals surface area (Å²) in [5.74, 6) is 0.330. The third kappa shape index (κ3) is 3.11. The van der Waals surface area contributed by atoms with Crippen molar-refractivity contribution in [3.63, 3.8) is 0 Å². The van der Waals surface area contributed by atoms with E-state index in [0.717, 1.165) is 45.3 Å². The highest BCUT2D eigenvalue weighted by Gasteiger charge is 2.59. The molecule has 0 bridgehead atoms. The maximum absolute atomic E-state index is 12.6. The van der Waals surface area contributed by atoms with Crippen molar-refractivity contribution in [2.24, 2.45) is 5.41 Å². The normalized spacial score (nSPS) is 25.4. The van der Waals surface area contributed by atoms with Crippen LogP contribution in [0.15, 0.2) is 0 Å². The van der Waals surface area contributed by atoms with E-state index in [1.807, 2.05) is 0 Å². The summed E-state index contributed by atoms with van der Waals surface area (Å²) in [5, 5.41) is 3.57. The molecule has 0 aromatic rings. The highest BCUT2D eigenvalue weighted by atomic mass is 16.5. The van der Waals surface area contributed by atoms with Gasteiger partial charge >= 0.3 is 0 Å². The van der Waals surface area contributed by atoms with Gasteiger partial charge in [0.1, 0.15) is 0 Å². The Bertz CT molecular complexity index is 337. The summed E-state index contributed by atoms with van der Waals surface area (Å²) in [5.41, 5.74) is -0.0725. The van der Waals surface area contributed by atoms with Gasteiger partial charge in [-0.15, -0.1) is 0 Å². The second-order valence-electron chi connectivity index (χ2n) is 6.87. The molecule has 110 valence electrons. The Morgan fingerprint density at radius 1 is 1.47 bits per heavy atom. The first kappa shape index (κ1) is 14.8. The lowest BCUT2D eigenvalue weighted by molar-refractivity contribution is -0.132. The van der Waals surface area contributed by atoms with Gasteiger partial charge in [0.05, 0.1) is 11.7 Å². The fourth-order valence-electron chi connectivity index (χ4n) is 2.96. The average molecular weight is 268 g/mol. The predicted octanol–water partition coefficient (Wildman–Crippen LogP) is 2.14. The number of nitrogens with zero attached hydrogens (tertiary/aromatic N) is 1. The van der Waals surface area contributed by atoms with Crippen LogP contribution in [0.2, 0.25) is 0 Å². The van der Waals surface area contributed by atoms with Crippen molar-refractivity contribution in [2.75, 3.05) is 20.3 Å². The second kappa shape index (κ2) is 5.41. The second-order valence-corrected chi connectivity index (χ2v) is 6.87. The van der Waals surface area contributed by atoms with E-state index in [9.17, 15) is 4.79 Å². The van der Waals surface area contributed by atoms with Crippen LogP contribution in [0.3, 0.4) is 0 Å². The van der Waals surface area contributed by atoms with E-state index in [-0.39, 0.29) is 17.1 Å². The third-order valence-electron chi connectivity index (χ3n) is 4.38. The van der Waals surface area contributed by atoms with Gasteiger partial charge in [0.2, 0.25) is 5.91 Å². The zero-order valence-corrected chi connectivity index (χ0v) is 12.8. The fourth-order valence-corrected chi connectivity index (χ4v) is 2.96. The molecule has 1 unspecified atom stereocenters. The molecule has 4 heteroatoms. The number of rotatable bonds is 7.